The number of para-hydroxylation sites is 1. The van der Waals surface area contributed by atoms with Crippen molar-refractivity contribution in [2.45, 2.75) is 6.42 Å². The van der Waals surface area contributed by atoms with E-state index in [2.05, 4.69) is 25.5 Å². The van der Waals surface area contributed by atoms with Crippen molar-refractivity contribution in [2.75, 3.05) is 36.4 Å². The second-order valence-corrected chi connectivity index (χ2v) is 4.84. The van der Waals surface area contributed by atoms with Crippen LogP contribution in [0, 0.1) is 0 Å². The maximum atomic E-state index is 4.39. The van der Waals surface area contributed by atoms with E-state index in [0.29, 0.717) is 0 Å². The van der Waals surface area contributed by atoms with Crippen molar-refractivity contribution in [2.24, 2.45) is 0 Å². The molecule has 2 heterocycles. The molecule has 5 heteroatoms. The molecule has 2 N–H and O–H groups in total. The number of anilines is 3. The molecular formula is C15H19N5. The van der Waals surface area contributed by atoms with Crippen molar-refractivity contribution in [1.82, 2.24) is 15.3 Å². The van der Waals surface area contributed by atoms with Crippen LogP contribution in [0.4, 0.5) is 17.3 Å². The molecule has 0 atom stereocenters. The molecule has 0 unspecified atom stereocenters. The van der Waals surface area contributed by atoms with Gasteiger partial charge in [-0.25, -0.2) is 9.97 Å². The molecule has 104 valence electrons. The van der Waals surface area contributed by atoms with Gasteiger partial charge in [0.05, 0.1) is 0 Å². The van der Waals surface area contributed by atoms with E-state index in [9.17, 15) is 0 Å². The minimum absolute atomic E-state index is 0.832. The molecule has 1 aromatic heterocycles. The van der Waals surface area contributed by atoms with E-state index in [1.54, 1.807) is 6.33 Å². The van der Waals surface area contributed by atoms with Gasteiger partial charge in [0.1, 0.15) is 18.0 Å². The molecule has 3 rings (SSSR count). The molecule has 1 fully saturated rings. The fourth-order valence-electron chi connectivity index (χ4n) is 2.33. The van der Waals surface area contributed by atoms with Gasteiger partial charge in [-0.3, -0.25) is 0 Å². The molecule has 1 aliphatic rings. The van der Waals surface area contributed by atoms with Crippen LogP contribution in [0.25, 0.3) is 0 Å². The molecule has 0 amide bonds. The summed E-state index contributed by atoms with van der Waals surface area (Å²) in [5, 5.41) is 6.71. The maximum absolute atomic E-state index is 4.39. The third-order valence-corrected chi connectivity index (χ3v) is 3.36. The molecular weight excluding hydrogens is 250 g/mol. The smallest absolute Gasteiger partial charge is 0.135 e. The second kappa shape index (κ2) is 6.34. The Bertz CT molecular complexity index is 535. The van der Waals surface area contributed by atoms with Crippen molar-refractivity contribution in [3.05, 3.63) is 42.7 Å². The first-order chi connectivity index (χ1) is 9.92. The van der Waals surface area contributed by atoms with Gasteiger partial charge in [-0.1, -0.05) is 18.2 Å². The number of rotatable bonds is 3. The van der Waals surface area contributed by atoms with Gasteiger partial charge in [0, 0.05) is 31.4 Å². The summed E-state index contributed by atoms with van der Waals surface area (Å²) in [6, 6.07) is 12.1. The van der Waals surface area contributed by atoms with Crippen LogP contribution in [0.1, 0.15) is 6.42 Å². The zero-order chi connectivity index (χ0) is 13.6. The lowest BCUT2D eigenvalue weighted by atomic mass is 10.3. The Hall–Kier alpha value is -2.14. The fourth-order valence-corrected chi connectivity index (χ4v) is 2.33. The van der Waals surface area contributed by atoms with Crippen molar-refractivity contribution < 1.29 is 0 Å². The van der Waals surface area contributed by atoms with Crippen LogP contribution in [-0.4, -0.2) is 36.1 Å². The van der Waals surface area contributed by atoms with Gasteiger partial charge >= 0.3 is 0 Å². The van der Waals surface area contributed by atoms with E-state index in [4.69, 9.17) is 0 Å². The molecule has 2 aromatic rings. The van der Waals surface area contributed by atoms with Gasteiger partial charge in [0.15, 0.2) is 0 Å². The lowest BCUT2D eigenvalue weighted by molar-refractivity contribution is 0.724. The van der Waals surface area contributed by atoms with Crippen LogP contribution >= 0.6 is 0 Å². The topological polar surface area (TPSA) is 53.1 Å². The van der Waals surface area contributed by atoms with E-state index in [1.807, 2.05) is 36.4 Å². The van der Waals surface area contributed by atoms with Gasteiger partial charge in [-0.05, 0) is 25.1 Å². The molecule has 20 heavy (non-hydrogen) atoms. The zero-order valence-electron chi connectivity index (χ0n) is 11.4. The first kappa shape index (κ1) is 12.9. The average molecular weight is 269 g/mol. The lowest BCUT2D eigenvalue weighted by Crippen LogP contribution is -2.28. The highest BCUT2D eigenvalue weighted by molar-refractivity contribution is 5.59. The summed E-state index contributed by atoms with van der Waals surface area (Å²) in [5.41, 5.74) is 1.04. The number of benzene rings is 1. The van der Waals surface area contributed by atoms with Crippen LogP contribution in [0.2, 0.25) is 0 Å². The average Bonchev–Trinajstić information content (AvgIpc) is 2.78. The molecule has 0 radical (unpaired) electrons. The molecule has 0 bridgehead atoms. The van der Waals surface area contributed by atoms with Crippen molar-refractivity contribution in [3.8, 4) is 0 Å². The third-order valence-electron chi connectivity index (χ3n) is 3.36. The molecule has 0 spiro atoms. The van der Waals surface area contributed by atoms with Gasteiger partial charge < -0.3 is 15.5 Å². The van der Waals surface area contributed by atoms with E-state index in [0.717, 1.165) is 49.9 Å². The monoisotopic (exact) mass is 269 g/mol. The Morgan fingerprint density at radius 1 is 1.05 bits per heavy atom. The van der Waals surface area contributed by atoms with E-state index in [1.165, 1.54) is 0 Å². The summed E-state index contributed by atoms with van der Waals surface area (Å²) < 4.78 is 0. The molecule has 1 aliphatic heterocycles. The highest BCUT2D eigenvalue weighted by atomic mass is 15.2. The number of hydrogen-bond acceptors (Lipinski definition) is 5. The van der Waals surface area contributed by atoms with Crippen LogP contribution in [0.3, 0.4) is 0 Å². The van der Waals surface area contributed by atoms with E-state index >= 15 is 0 Å². The van der Waals surface area contributed by atoms with Gasteiger partial charge in [0.25, 0.3) is 0 Å². The van der Waals surface area contributed by atoms with Crippen molar-refractivity contribution in [1.29, 1.82) is 0 Å². The molecule has 5 nitrogen and oxygen atoms in total. The first-order valence-electron chi connectivity index (χ1n) is 7.01. The molecule has 1 aromatic carbocycles. The van der Waals surface area contributed by atoms with E-state index in [-0.39, 0.29) is 0 Å². The lowest BCUT2D eigenvalue weighted by Gasteiger charge is -2.21. The summed E-state index contributed by atoms with van der Waals surface area (Å²) in [4.78, 5) is 11.0. The Morgan fingerprint density at radius 3 is 2.85 bits per heavy atom. The minimum Gasteiger partial charge on any atom is -0.355 e. The maximum Gasteiger partial charge on any atom is 0.135 e. The largest absolute Gasteiger partial charge is 0.355 e. The normalized spacial score (nSPS) is 15.7. The Kier molecular flexibility index (Phi) is 4.08. The van der Waals surface area contributed by atoms with E-state index < -0.39 is 0 Å². The standard InChI is InChI=1S/C15H19N5/c1-2-5-13(6-3-1)19-14-11-15(18-12-17-14)20-9-4-7-16-8-10-20/h1-3,5-6,11-12,16H,4,7-10H2,(H,17,18,19). The minimum atomic E-state index is 0.832. The van der Waals surface area contributed by atoms with Crippen LogP contribution in [-0.2, 0) is 0 Å². The summed E-state index contributed by atoms with van der Waals surface area (Å²) in [5.74, 6) is 1.82. The van der Waals surface area contributed by atoms with Crippen LogP contribution < -0.4 is 15.5 Å². The zero-order valence-corrected chi connectivity index (χ0v) is 11.4. The number of aromatic nitrogens is 2. The fraction of sp³-hybridized carbons (Fsp3) is 0.333. The second-order valence-electron chi connectivity index (χ2n) is 4.84. The summed E-state index contributed by atoms with van der Waals surface area (Å²) in [7, 11) is 0. The molecule has 1 saturated heterocycles. The number of nitrogens with one attached hydrogen (secondary N) is 2. The summed E-state index contributed by atoms with van der Waals surface area (Å²) >= 11 is 0. The van der Waals surface area contributed by atoms with Crippen LogP contribution in [0.5, 0.6) is 0 Å². The third kappa shape index (κ3) is 3.24. The van der Waals surface area contributed by atoms with Crippen molar-refractivity contribution >= 4 is 17.3 Å². The Balaban J connectivity index is 1.75. The molecule has 0 aliphatic carbocycles. The first-order valence-corrected chi connectivity index (χ1v) is 7.01. The highest BCUT2D eigenvalue weighted by Crippen LogP contribution is 2.18. The predicted octanol–water partition coefficient (Wildman–Crippen LogP) is 2.02. The predicted molar refractivity (Wildman–Crippen MR) is 81.5 cm³/mol. The highest BCUT2D eigenvalue weighted by Gasteiger charge is 2.11. The summed E-state index contributed by atoms with van der Waals surface area (Å²) in [6.07, 6.45) is 2.77. The summed E-state index contributed by atoms with van der Waals surface area (Å²) in [6.45, 7) is 4.11. The SMILES string of the molecule is c1ccc(Nc2cc(N3CCCNCC3)ncn2)cc1. The van der Waals surface area contributed by atoms with Crippen molar-refractivity contribution in [3.63, 3.8) is 0 Å². The number of hydrogen-bond donors (Lipinski definition) is 2. The quantitative estimate of drug-likeness (QED) is 0.893. The Labute approximate surface area is 119 Å². The van der Waals surface area contributed by atoms with Gasteiger partial charge in [0.2, 0.25) is 0 Å². The molecule has 0 saturated carbocycles. The number of nitrogens with zero attached hydrogens (tertiary/aromatic N) is 3. The van der Waals surface area contributed by atoms with Gasteiger partial charge in [-0.15, -0.1) is 0 Å². The van der Waals surface area contributed by atoms with Gasteiger partial charge in [-0.2, -0.15) is 0 Å². The van der Waals surface area contributed by atoms with Crippen LogP contribution in [0.15, 0.2) is 42.7 Å². The Morgan fingerprint density at radius 2 is 1.95 bits per heavy atom.